The van der Waals surface area contributed by atoms with Crippen LogP contribution in [-0.4, -0.2) is 31.5 Å². The molecular weight excluding hydrogens is 333 g/mol. The summed E-state index contributed by atoms with van der Waals surface area (Å²) in [7, 11) is 3.22. The van der Waals surface area contributed by atoms with Gasteiger partial charge in [-0.25, -0.2) is 0 Å². The number of methoxy groups -OCH3 is 1. The van der Waals surface area contributed by atoms with Gasteiger partial charge in [0.1, 0.15) is 5.75 Å². The highest BCUT2D eigenvalue weighted by atomic mass is 19.4. The first kappa shape index (κ1) is 18.6. The fraction of sp³-hybridized carbons (Fsp3) is 0.278. The molecule has 0 saturated carbocycles. The quantitative estimate of drug-likeness (QED) is 0.860. The molecule has 0 heterocycles. The number of carbonyl (C=O) groups is 1. The van der Waals surface area contributed by atoms with Crippen molar-refractivity contribution in [1.82, 2.24) is 4.90 Å². The van der Waals surface area contributed by atoms with Crippen molar-refractivity contribution in [3.8, 4) is 5.75 Å². The maximum absolute atomic E-state index is 12.5. The van der Waals surface area contributed by atoms with Crippen molar-refractivity contribution < 1.29 is 22.7 Å². The molecule has 2 aromatic carbocycles. The van der Waals surface area contributed by atoms with Gasteiger partial charge in [-0.05, 0) is 30.3 Å². The Balaban J connectivity index is 1.91. The van der Waals surface area contributed by atoms with Crippen molar-refractivity contribution in [1.29, 1.82) is 0 Å². The number of para-hydroxylation sites is 1. The van der Waals surface area contributed by atoms with Gasteiger partial charge in [0.25, 0.3) is 0 Å². The van der Waals surface area contributed by atoms with Crippen LogP contribution in [0.3, 0.4) is 0 Å². The summed E-state index contributed by atoms with van der Waals surface area (Å²) in [6.45, 7) is 0.356. The third-order valence-electron chi connectivity index (χ3n) is 3.68. The summed E-state index contributed by atoms with van der Waals surface area (Å²) < 4.78 is 42.8. The average molecular weight is 352 g/mol. The van der Waals surface area contributed by atoms with Gasteiger partial charge in [-0.15, -0.1) is 0 Å². The lowest BCUT2D eigenvalue weighted by molar-refractivity contribution is -0.137. The number of rotatable bonds is 6. The highest BCUT2D eigenvalue weighted by Gasteiger charge is 2.29. The molecule has 7 heteroatoms. The van der Waals surface area contributed by atoms with Gasteiger partial charge in [0.05, 0.1) is 19.2 Å². The molecule has 0 aliphatic rings. The predicted molar refractivity (Wildman–Crippen MR) is 89.4 cm³/mol. The molecule has 25 heavy (non-hydrogen) atoms. The van der Waals surface area contributed by atoms with E-state index >= 15 is 0 Å². The van der Waals surface area contributed by atoms with E-state index in [1.165, 1.54) is 17.0 Å². The summed E-state index contributed by atoms with van der Waals surface area (Å²) in [6, 6.07) is 11.9. The maximum Gasteiger partial charge on any atom is 0.416 e. The number of hydrogen-bond donors (Lipinski definition) is 1. The molecule has 0 radical (unpaired) electrons. The minimum Gasteiger partial charge on any atom is -0.496 e. The zero-order valence-corrected chi connectivity index (χ0v) is 13.9. The highest BCUT2D eigenvalue weighted by molar-refractivity contribution is 5.80. The molecule has 0 bridgehead atoms. The van der Waals surface area contributed by atoms with Gasteiger partial charge in [0.2, 0.25) is 5.91 Å². The molecule has 1 amide bonds. The summed E-state index contributed by atoms with van der Waals surface area (Å²) in [5.41, 5.74) is 0.597. The number of likely N-dealkylation sites (N-methyl/N-ethyl adjacent to an activating group) is 1. The molecule has 1 N–H and O–H groups in total. The van der Waals surface area contributed by atoms with Crippen LogP contribution in [-0.2, 0) is 17.5 Å². The molecule has 0 unspecified atom stereocenters. The van der Waals surface area contributed by atoms with E-state index in [1.807, 2.05) is 24.3 Å². The van der Waals surface area contributed by atoms with Crippen LogP contribution in [0, 0.1) is 0 Å². The van der Waals surface area contributed by atoms with Crippen LogP contribution in [0.4, 0.5) is 18.9 Å². The lowest BCUT2D eigenvalue weighted by atomic mass is 10.2. The smallest absolute Gasteiger partial charge is 0.416 e. The van der Waals surface area contributed by atoms with Gasteiger partial charge in [-0.3, -0.25) is 4.79 Å². The summed E-state index contributed by atoms with van der Waals surface area (Å²) in [5, 5.41) is 2.83. The van der Waals surface area contributed by atoms with Crippen molar-refractivity contribution >= 4 is 11.6 Å². The third-order valence-corrected chi connectivity index (χ3v) is 3.68. The molecule has 0 aliphatic carbocycles. The second-order valence-electron chi connectivity index (χ2n) is 5.49. The van der Waals surface area contributed by atoms with Crippen LogP contribution >= 0.6 is 0 Å². The van der Waals surface area contributed by atoms with Crippen molar-refractivity contribution in [2.75, 3.05) is 26.0 Å². The Hall–Kier alpha value is -2.70. The molecule has 2 aromatic rings. The zero-order chi connectivity index (χ0) is 18.4. The van der Waals surface area contributed by atoms with Gasteiger partial charge in [0.15, 0.2) is 0 Å². The molecule has 4 nitrogen and oxygen atoms in total. The minimum atomic E-state index is -4.37. The molecule has 134 valence electrons. The molecule has 2 rings (SSSR count). The number of nitrogens with one attached hydrogen (secondary N) is 1. The third kappa shape index (κ3) is 5.14. The van der Waals surface area contributed by atoms with Crippen molar-refractivity contribution in [3.05, 3.63) is 59.7 Å². The van der Waals surface area contributed by atoms with E-state index in [0.29, 0.717) is 18.0 Å². The molecule has 0 fully saturated rings. The first-order chi connectivity index (χ1) is 11.8. The first-order valence-corrected chi connectivity index (χ1v) is 7.58. The molecule has 0 atom stereocenters. The van der Waals surface area contributed by atoms with E-state index in [1.54, 1.807) is 14.2 Å². The predicted octanol–water partition coefficient (Wildman–Crippen LogP) is 3.78. The van der Waals surface area contributed by atoms with Crippen LogP contribution in [0.1, 0.15) is 11.1 Å². The van der Waals surface area contributed by atoms with Gasteiger partial charge in [-0.2, -0.15) is 13.2 Å². The van der Waals surface area contributed by atoms with E-state index in [2.05, 4.69) is 5.32 Å². The summed E-state index contributed by atoms with van der Waals surface area (Å²) in [4.78, 5) is 13.7. The SMILES string of the molecule is COc1ccccc1CN(C)C(=O)CNc1ccc(C(F)(F)F)cc1. The average Bonchev–Trinajstić information content (AvgIpc) is 2.59. The summed E-state index contributed by atoms with van der Waals surface area (Å²) >= 11 is 0. The van der Waals surface area contributed by atoms with Gasteiger partial charge in [-0.1, -0.05) is 18.2 Å². The Morgan fingerprint density at radius 2 is 1.76 bits per heavy atom. The van der Waals surface area contributed by atoms with Gasteiger partial charge < -0.3 is 15.0 Å². The number of ether oxygens (including phenoxy) is 1. The standard InChI is InChI=1S/C18H19F3N2O2/c1-23(12-13-5-3-4-6-16(13)25-2)17(24)11-22-15-9-7-14(8-10-15)18(19,20)21/h3-10,22H,11-12H2,1-2H3. The van der Waals surface area contributed by atoms with E-state index in [0.717, 1.165) is 17.7 Å². The molecule has 0 aromatic heterocycles. The fourth-order valence-electron chi connectivity index (χ4n) is 2.27. The Morgan fingerprint density at radius 1 is 1.12 bits per heavy atom. The van der Waals surface area contributed by atoms with Crippen LogP contribution in [0.2, 0.25) is 0 Å². The van der Waals surface area contributed by atoms with E-state index < -0.39 is 11.7 Å². The van der Waals surface area contributed by atoms with Crippen LogP contribution in [0.5, 0.6) is 5.75 Å². The zero-order valence-electron chi connectivity index (χ0n) is 13.9. The number of carbonyl (C=O) groups excluding carboxylic acids is 1. The Labute approximate surface area is 144 Å². The molecule has 0 saturated heterocycles. The minimum absolute atomic E-state index is 0.0169. The van der Waals surface area contributed by atoms with Crippen molar-refractivity contribution in [2.24, 2.45) is 0 Å². The number of hydrogen-bond acceptors (Lipinski definition) is 3. The number of benzene rings is 2. The number of alkyl halides is 3. The number of nitrogens with zero attached hydrogens (tertiary/aromatic N) is 1. The molecular formula is C18H19F3N2O2. The van der Waals surface area contributed by atoms with Gasteiger partial charge >= 0.3 is 6.18 Å². The Morgan fingerprint density at radius 3 is 2.36 bits per heavy atom. The second kappa shape index (κ2) is 7.92. The van der Waals surface area contributed by atoms with E-state index in [9.17, 15) is 18.0 Å². The van der Waals surface area contributed by atoms with Crippen molar-refractivity contribution in [3.63, 3.8) is 0 Å². The monoisotopic (exact) mass is 352 g/mol. The van der Waals surface area contributed by atoms with Gasteiger partial charge in [0, 0.05) is 24.8 Å². The molecule has 0 aliphatic heterocycles. The topological polar surface area (TPSA) is 41.6 Å². The largest absolute Gasteiger partial charge is 0.496 e. The number of halogens is 3. The second-order valence-corrected chi connectivity index (χ2v) is 5.49. The lowest BCUT2D eigenvalue weighted by Crippen LogP contribution is -2.31. The molecule has 0 spiro atoms. The fourth-order valence-corrected chi connectivity index (χ4v) is 2.27. The van der Waals surface area contributed by atoms with Crippen molar-refractivity contribution in [2.45, 2.75) is 12.7 Å². The Bertz CT molecular complexity index is 715. The number of anilines is 1. The number of amides is 1. The van der Waals surface area contributed by atoms with E-state index in [4.69, 9.17) is 4.74 Å². The first-order valence-electron chi connectivity index (χ1n) is 7.58. The maximum atomic E-state index is 12.5. The van der Waals surface area contributed by atoms with E-state index in [-0.39, 0.29) is 12.5 Å². The summed E-state index contributed by atoms with van der Waals surface area (Å²) in [6.07, 6.45) is -4.37. The van der Waals surface area contributed by atoms with Crippen LogP contribution in [0.25, 0.3) is 0 Å². The van der Waals surface area contributed by atoms with Crippen LogP contribution in [0.15, 0.2) is 48.5 Å². The van der Waals surface area contributed by atoms with Crippen LogP contribution < -0.4 is 10.1 Å². The summed E-state index contributed by atoms with van der Waals surface area (Å²) in [5.74, 6) is 0.503. The Kier molecular flexibility index (Phi) is 5.90. The normalized spacial score (nSPS) is 11.1. The lowest BCUT2D eigenvalue weighted by Gasteiger charge is -2.19. The highest BCUT2D eigenvalue weighted by Crippen LogP contribution is 2.29.